The van der Waals surface area contributed by atoms with Crippen molar-refractivity contribution in [1.82, 2.24) is 0 Å². The first-order valence-corrected chi connectivity index (χ1v) is 9.16. The van der Waals surface area contributed by atoms with Crippen LogP contribution in [0, 0.1) is 0 Å². The van der Waals surface area contributed by atoms with Gasteiger partial charge in [0.2, 0.25) is 0 Å². The zero-order valence-electron chi connectivity index (χ0n) is 12.7. The highest BCUT2D eigenvalue weighted by molar-refractivity contribution is 9.12. The molecule has 0 saturated heterocycles. The number of hydrogen-bond acceptors (Lipinski definition) is 3. The van der Waals surface area contributed by atoms with Gasteiger partial charge in [0.15, 0.2) is 0 Å². The second-order valence-corrected chi connectivity index (χ2v) is 6.87. The maximum Gasteiger partial charge on any atom is 0.321 e. The first-order chi connectivity index (χ1) is 11.1. The number of ether oxygens (including phenoxy) is 2. The van der Waals surface area contributed by atoms with Crippen LogP contribution in [0.4, 0.5) is 0 Å². The molecule has 2 atom stereocenters. The van der Waals surface area contributed by atoms with Crippen molar-refractivity contribution in [3.63, 3.8) is 0 Å². The van der Waals surface area contributed by atoms with E-state index in [-0.39, 0.29) is 10.8 Å². The fourth-order valence-electron chi connectivity index (χ4n) is 2.00. The molecule has 0 saturated carbocycles. The zero-order chi connectivity index (χ0) is 16.7. The minimum Gasteiger partial charge on any atom is -0.489 e. The number of alkyl halides is 2. The molecule has 23 heavy (non-hydrogen) atoms. The number of halogens is 2. The van der Waals surface area contributed by atoms with Crippen LogP contribution >= 0.6 is 31.9 Å². The quantitative estimate of drug-likeness (QED) is 0.446. The molecule has 3 nitrogen and oxygen atoms in total. The number of carbonyl (C=O) groups excluding carboxylic acids is 1. The number of rotatable bonds is 7. The third-order valence-electron chi connectivity index (χ3n) is 3.22. The van der Waals surface area contributed by atoms with E-state index in [4.69, 9.17) is 9.47 Å². The van der Waals surface area contributed by atoms with Crippen molar-refractivity contribution >= 4 is 37.8 Å². The monoisotopic (exact) mass is 440 g/mol. The Morgan fingerprint density at radius 2 is 1.70 bits per heavy atom. The normalized spacial score (nSPS) is 13.2. The van der Waals surface area contributed by atoms with E-state index in [9.17, 15) is 4.79 Å². The largest absolute Gasteiger partial charge is 0.489 e. The molecule has 0 bridgehead atoms. The van der Waals surface area contributed by atoms with Gasteiger partial charge in [-0.05, 0) is 30.2 Å². The highest BCUT2D eigenvalue weighted by Gasteiger charge is 2.26. The van der Waals surface area contributed by atoms with Gasteiger partial charge in [0.1, 0.15) is 17.2 Å². The van der Waals surface area contributed by atoms with E-state index in [1.807, 2.05) is 54.6 Å². The van der Waals surface area contributed by atoms with Crippen LogP contribution in [-0.4, -0.2) is 17.4 Å². The van der Waals surface area contributed by atoms with Crippen molar-refractivity contribution in [1.29, 1.82) is 0 Å². The molecule has 2 rings (SSSR count). The fourth-order valence-corrected chi connectivity index (χ4v) is 2.96. The number of hydrogen-bond donors (Lipinski definition) is 0. The Bertz CT molecular complexity index is 614. The molecular weight excluding hydrogens is 424 g/mol. The zero-order valence-corrected chi connectivity index (χ0v) is 15.9. The Kier molecular flexibility index (Phi) is 7.12. The summed E-state index contributed by atoms with van der Waals surface area (Å²) in [5.74, 6) is 0.512. The molecule has 0 aliphatic carbocycles. The van der Waals surface area contributed by atoms with Crippen molar-refractivity contribution < 1.29 is 14.3 Å². The summed E-state index contributed by atoms with van der Waals surface area (Å²) in [6, 6.07) is 17.7. The number of esters is 1. The summed E-state index contributed by atoms with van der Waals surface area (Å²) in [6.45, 7) is 2.69. The van der Waals surface area contributed by atoms with E-state index < -0.39 is 4.83 Å². The molecule has 5 heteroatoms. The molecule has 0 aromatic heterocycles. The molecule has 0 fully saturated rings. The SMILES string of the molecule is CCOC(=O)C(Br)C(Br)c1ccc(OCc2ccccc2)cc1. The number of carbonyl (C=O) groups is 1. The maximum atomic E-state index is 11.8. The van der Waals surface area contributed by atoms with Crippen molar-refractivity contribution in [3.05, 3.63) is 65.7 Å². The minimum atomic E-state index is -0.432. The van der Waals surface area contributed by atoms with Crippen LogP contribution in [0.5, 0.6) is 5.75 Å². The lowest BCUT2D eigenvalue weighted by Crippen LogP contribution is -2.21. The van der Waals surface area contributed by atoms with E-state index in [1.165, 1.54) is 0 Å². The predicted molar refractivity (Wildman–Crippen MR) is 98.2 cm³/mol. The summed E-state index contributed by atoms with van der Waals surface area (Å²) in [7, 11) is 0. The van der Waals surface area contributed by atoms with Crippen molar-refractivity contribution in [2.24, 2.45) is 0 Å². The van der Waals surface area contributed by atoms with Crippen LogP contribution in [0.1, 0.15) is 22.9 Å². The van der Waals surface area contributed by atoms with E-state index >= 15 is 0 Å². The second kappa shape index (κ2) is 9.08. The number of benzene rings is 2. The third-order valence-corrected chi connectivity index (χ3v) is 5.88. The highest BCUT2D eigenvalue weighted by atomic mass is 79.9. The van der Waals surface area contributed by atoms with Gasteiger partial charge in [-0.1, -0.05) is 74.3 Å². The van der Waals surface area contributed by atoms with Gasteiger partial charge in [-0.3, -0.25) is 4.79 Å². The lowest BCUT2D eigenvalue weighted by atomic mass is 10.1. The molecule has 0 amide bonds. The molecule has 0 spiro atoms. The van der Waals surface area contributed by atoms with Gasteiger partial charge in [-0.15, -0.1) is 0 Å². The lowest BCUT2D eigenvalue weighted by Gasteiger charge is -2.16. The summed E-state index contributed by atoms with van der Waals surface area (Å²) < 4.78 is 10.8. The van der Waals surface area contributed by atoms with Crippen LogP contribution in [0.15, 0.2) is 54.6 Å². The summed E-state index contributed by atoms with van der Waals surface area (Å²) >= 11 is 6.91. The molecule has 122 valence electrons. The highest BCUT2D eigenvalue weighted by Crippen LogP contribution is 2.33. The molecule has 0 radical (unpaired) electrons. The lowest BCUT2D eigenvalue weighted by molar-refractivity contribution is -0.142. The fraction of sp³-hybridized carbons (Fsp3) is 0.278. The molecule has 2 aromatic rings. The van der Waals surface area contributed by atoms with Crippen LogP contribution in [0.25, 0.3) is 0 Å². The van der Waals surface area contributed by atoms with Crippen molar-refractivity contribution in [2.45, 2.75) is 23.2 Å². The Hall–Kier alpha value is -1.33. The average Bonchev–Trinajstić information content (AvgIpc) is 2.60. The van der Waals surface area contributed by atoms with Gasteiger partial charge in [0.05, 0.1) is 11.4 Å². The summed E-state index contributed by atoms with van der Waals surface area (Å²) in [5, 5.41) is 0. The Morgan fingerprint density at radius 1 is 1.04 bits per heavy atom. The first kappa shape index (κ1) is 18.0. The van der Waals surface area contributed by atoms with Gasteiger partial charge < -0.3 is 9.47 Å². The Morgan fingerprint density at radius 3 is 2.30 bits per heavy atom. The molecule has 0 heterocycles. The molecule has 2 unspecified atom stereocenters. The van der Waals surface area contributed by atoms with Gasteiger partial charge in [-0.25, -0.2) is 0 Å². The topological polar surface area (TPSA) is 35.5 Å². The molecular formula is C18H18Br2O3. The van der Waals surface area contributed by atoms with Gasteiger partial charge in [0.25, 0.3) is 0 Å². The van der Waals surface area contributed by atoms with Gasteiger partial charge in [0, 0.05) is 0 Å². The molecule has 0 N–H and O–H groups in total. The summed E-state index contributed by atoms with van der Waals surface area (Å²) in [6.07, 6.45) is 0. The molecule has 2 aromatic carbocycles. The average molecular weight is 442 g/mol. The standard InChI is InChI=1S/C18H18Br2O3/c1-2-22-18(21)17(20)16(19)14-8-10-15(11-9-14)23-12-13-6-4-3-5-7-13/h3-11,16-17H,2,12H2,1H3. The van der Waals surface area contributed by atoms with Crippen LogP contribution in [0.3, 0.4) is 0 Å². The van der Waals surface area contributed by atoms with Crippen LogP contribution in [0.2, 0.25) is 0 Å². The Labute approximate surface area is 153 Å². The second-order valence-electron chi connectivity index (χ2n) is 4.90. The van der Waals surface area contributed by atoms with E-state index in [1.54, 1.807) is 6.92 Å². The van der Waals surface area contributed by atoms with E-state index in [2.05, 4.69) is 31.9 Å². The van der Waals surface area contributed by atoms with E-state index in [0.29, 0.717) is 13.2 Å². The van der Waals surface area contributed by atoms with E-state index in [0.717, 1.165) is 16.9 Å². The molecule has 0 aliphatic heterocycles. The van der Waals surface area contributed by atoms with Gasteiger partial charge >= 0.3 is 5.97 Å². The third kappa shape index (κ3) is 5.36. The van der Waals surface area contributed by atoms with Crippen molar-refractivity contribution in [3.8, 4) is 5.75 Å². The smallest absolute Gasteiger partial charge is 0.321 e. The summed E-state index contributed by atoms with van der Waals surface area (Å²) in [4.78, 5) is 11.2. The minimum absolute atomic E-state index is 0.162. The Balaban J connectivity index is 1.94. The predicted octanol–water partition coefficient (Wildman–Crippen LogP) is 5.03. The molecule has 0 aliphatic rings. The van der Waals surface area contributed by atoms with Crippen molar-refractivity contribution in [2.75, 3.05) is 6.61 Å². The maximum absolute atomic E-state index is 11.8. The van der Waals surface area contributed by atoms with Crippen LogP contribution in [-0.2, 0) is 16.1 Å². The first-order valence-electron chi connectivity index (χ1n) is 7.33. The van der Waals surface area contributed by atoms with Gasteiger partial charge in [-0.2, -0.15) is 0 Å². The summed E-state index contributed by atoms with van der Waals surface area (Å²) in [5.41, 5.74) is 2.10. The van der Waals surface area contributed by atoms with Crippen LogP contribution < -0.4 is 4.74 Å².